The number of methoxy groups -OCH3 is 1. The monoisotopic (exact) mass is 433 g/mol. The molecule has 2 N–H and O–H groups in total. The number of aromatic hydroxyl groups is 2. The lowest BCUT2D eigenvalue weighted by Gasteiger charge is -2.06. The summed E-state index contributed by atoms with van der Waals surface area (Å²) in [5, 5.41) is 31.7. The van der Waals surface area contributed by atoms with Crippen LogP contribution in [0.1, 0.15) is 16.7 Å². The summed E-state index contributed by atoms with van der Waals surface area (Å²) >= 11 is 0. The molecule has 9 heteroatoms. The number of ether oxygens (including phenoxy) is 1. The van der Waals surface area contributed by atoms with E-state index in [4.69, 9.17) is 9.15 Å². The fourth-order valence-electron chi connectivity index (χ4n) is 3.19. The number of nitro benzene ring substituents is 1. The van der Waals surface area contributed by atoms with Crippen LogP contribution in [0.15, 0.2) is 51.9 Å². The fraction of sp³-hybridized carbons (Fsp3) is 0.130. The van der Waals surface area contributed by atoms with E-state index in [1.165, 1.54) is 25.5 Å². The van der Waals surface area contributed by atoms with Crippen LogP contribution in [0.3, 0.4) is 0 Å². The number of fused-ring (bicyclic) bond motifs is 1. The quantitative estimate of drug-likeness (QED) is 0.251. The van der Waals surface area contributed by atoms with E-state index in [2.05, 4.69) is 9.98 Å². The summed E-state index contributed by atoms with van der Waals surface area (Å²) in [7, 11) is 1.30. The molecule has 0 atom stereocenters. The van der Waals surface area contributed by atoms with Gasteiger partial charge in [0.1, 0.15) is 11.3 Å². The van der Waals surface area contributed by atoms with Crippen molar-refractivity contribution in [1.29, 1.82) is 0 Å². The SMILES string of the molecule is COc1cc([N+](=O)[O-])cc(C=Nc2ccc(O)c(-c3nc4cc(C)c(C)cc4o3)c2)c1O. The average molecular weight is 433 g/mol. The van der Waals surface area contributed by atoms with Crippen LogP contribution in [-0.4, -0.2) is 33.4 Å². The van der Waals surface area contributed by atoms with E-state index in [1.54, 1.807) is 12.1 Å². The number of phenols is 2. The van der Waals surface area contributed by atoms with Crippen LogP contribution >= 0.6 is 0 Å². The molecule has 4 aromatic rings. The van der Waals surface area contributed by atoms with Crippen molar-refractivity contribution < 1.29 is 24.3 Å². The summed E-state index contributed by atoms with van der Waals surface area (Å²) in [4.78, 5) is 19.3. The molecule has 3 aromatic carbocycles. The summed E-state index contributed by atoms with van der Waals surface area (Å²) in [5.74, 6) is -0.113. The second kappa shape index (κ2) is 8.03. The van der Waals surface area contributed by atoms with Gasteiger partial charge in [0.2, 0.25) is 5.89 Å². The minimum Gasteiger partial charge on any atom is -0.507 e. The van der Waals surface area contributed by atoms with Crippen molar-refractivity contribution >= 4 is 28.7 Å². The largest absolute Gasteiger partial charge is 0.507 e. The standard InChI is InChI=1S/C23H19N3O6/c1-12-6-18-20(7-13(12)2)32-23(25-18)17-9-15(4-5-19(17)27)24-11-14-8-16(26(29)30)10-21(31-3)22(14)28/h4-11,27-28H,1-3H3. The van der Waals surface area contributed by atoms with Crippen molar-refractivity contribution in [3.8, 4) is 28.7 Å². The minimum absolute atomic E-state index is 0.0379. The van der Waals surface area contributed by atoms with Crippen LogP contribution in [0.5, 0.6) is 17.2 Å². The Balaban J connectivity index is 1.73. The van der Waals surface area contributed by atoms with Gasteiger partial charge in [-0.25, -0.2) is 4.98 Å². The number of aromatic nitrogens is 1. The Morgan fingerprint density at radius 2 is 1.88 bits per heavy atom. The first-order valence-electron chi connectivity index (χ1n) is 9.57. The number of aliphatic imine (C=N–C) groups is 1. The highest BCUT2D eigenvalue weighted by Gasteiger charge is 2.17. The van der Waals surface area contributed by atoms with Gasteiger partial charge in [-0.1, -0.05) is 0 Å². The second-order valence-electron chi connectivity index (χ2n) is 7.23. The van der Waals surface area contributed by atoms with E-state index < -0.39 is 4.92 Å². The number of hydrogen-bond acceptors (Lipinski definition) is 8. The molecule has 0 amide bonds. The number of non-ortho nitro benzene ring substituents is 1. The molecule has 162 valence electrons. The molecule has 1 heterocycles. The molecule has 0 unspecified atom stereocenters. The number of rotatable bonds is 5. The highest BCUT2D eigenvalue weighted by molar-refractivity contribution is 5.88. The van der Waals surface area contributed by atoms with Gasteiger partial charge in [0, 0.05) is 17.8 Å². The molecule has 0 fully saturated rings. The maximum Gasteiger partial charge on any atom is 0.274 e. The Bertz CT molecular complexity index is 1350. The van der Waals surface area contributed by atoms with Gasteiger partial charge in [-0.2, -0.15) is 0 Å². The minimum atomic E-state index is -0.589. The molecule has 32 heavy (non-hydrogen) atoms. The Kier molecular flexibility index (Phi) is 5.23. The van der Waals surface area contributed by atoms with E-state index in [-0.39, 0.29) is 34.4 Å². The highest BCUT2D eigenvalue weighted by Crippen LogP contribution is 2.36. The molecular formula is C23H19N3O6. The van der Waals surface area contributed by atoms with E-state index in [0.717, 1.165) is 17.2 Å². The summed E-state index contributed by atoms with van der Waals surface area (Å²) in [6, 6.07) is 10.7. The Morgan fingerprint density at radius 3 is 2.59 bits per heavy atom. The predicted octanol–water partition coefficient (Wildman–Crippen LogP) is 5.19. The zero-order valence-electron chi connectivity index (χ0n) is 17.5. The molecule has 0 bridgehead atoms. The first-order valence-corrected chi connectivity index (χ1v) is 9.57. The maximum atomic E-state index is 11.1. The van der Waals surface area contributed by atoms with Crippen LogP contribution < -0.4 is 4.74 Å². The fourth-order valence-corrected chi connectivity index (χ4v) is 3.19. The lowest BCUT2D eigenvalue weighted by Crippen LogP contribution is -1.94. The average Bonchev–Trinajstić information content (AvgIpc) is 3.16. The Hall–Kier alpha value is -4.40. The molecule has 0 aliphatic heterocycles. The van der Waals surface area contributed by atoms with Crippen LogP contribution in [0.2, 0.25) is 0 Å². The molecular weight excluding hydrogens is 414 g/mol. The van der Waals surface area contributed by atoms with Crippen LogP contribution in [-0.2, 0) is 0 Å². The van der Waals surface area contributed by atoms with E-state index in [1.807, 2.05) is 26.0 Å². The molecule has 0 saturated heterocycles. The third-order valence-electron chi connectivity index (χ3n) is 5.09. The van der Waals surface area contributed by atoms with Gasteiger partial charge >= 0.3 is 0 Å². The van der Waals surface area contributed by atoms with Crippen molar-refractivity contribution in [2.24, 2.45) is 4.99 Å². The third kappa shape index (κ3) is 3.83. The first-order chi connectivity index (χ1) is 15.3. The molecule has 0 spiro atoms. The predicted molar refractivity (Wildman–Crippen MR) is 119 cm³/mol. The summed E-state index contributed by atoms with van der Waals surface area (Å²) < 4.78 is 10.8. The topological polar surface area (TPSA) is 131 Å². The first kappa shape index (κ1) is 20.9. The summed E-state index contributed by atoms with van der Waals surface area (Å²) in [6.45, 7) is 3.95. The molecule has 0 saturated carbocycles. The maximum absolute atomic E-state index is 11.1. The highest BCUT2D eigenvalue weighted by atomic mass is 16.6. The van der Waals surface area contributed by atoms with Gasteiger partial charge in [-0.3, -0.25) is 15.1 Å². The number of nitrogens with zero attached hydrogens (tertiary/aromatic N) is 3. The molecule has 0 aliphatic rings. The zero-order valence-corrected chi connectivity index (χ0v) is 17.5. The van der Waals surface area contributed by atoms with Crippen molar-refractivity contribution in [1.82, 2.24) is 4.98 Å². The lowest BCUT2D eigenvalue weighted by atomic mass is 10.1. The van der Waals surface area contributed by atoms with Crippen molar-refractivity contribution in [2.75, 3.05) is 7.11 Å². The zero-order chi connectivity index (χ0) is 23.0. The van der Waals surface area contributed by atoms with Crippen molar-refractivity contribution in [2.45, 2.75) is 13.8 Å². The van der Waals surface area contributed by atoms with Gasteiger partial charge in [-0.05, 0) is 55.3 Å². The van der Waals surface area contributed by atoms with Gasteiger partial charge < -0.3 is 19.4 Å². The smallest absolute Gasteiger partial charge is 0.274 e. The lowest BCUT2D eigenvalue weighted by molar-refractivity contribution is -0.385. The number of aryl methyl sites for hydroxylation is 2. The van der Waals surface area contributed by atoms with E-state index >= 15 is 0 Å². The normalized spacial score (nSPS) is 11.3. The van der Waals surface area contributed by atoms with Crippen LogP contribution in [0.4, 0.5) is 11.4 Å². The second-order valence-corrected chi connectivity index (χ2v) is 7.23. The van der Waals surface area contributed by atoms with Crippen molar-refractivity contribution in [3.05, 3.63) is 69.3 Å². The summed E-state index contributed by atoms with van der Waals surface area (Å²) in [6.07, 6.45) is 1.28. The number of hydrogen-bond donors (Lipinski definition) is 2. The Morgan fingerprint density at radius 1 is 1.12 bits per heavy atom. The number of phenolic OH excluding ortho intramolecular Hbond substituents is 2. The van der Waals surface area contributed by atoms with Crippen LogP contribution in [0.25, 0.3) is 22.6 Å². The van der Waals surface area contributed by atoms with Gasteiger partial charge in [0.25, 0.3) is 5.69 Å². The molecule has 4 rings (SSSR count). The van der Waals surface area contributed by atoms with Gasteiger partial charge in [-0.15, -0.1) is 0 Å². The molecule has 0 radical (unpaired) electrons. The van der Waals surface area contributed by atoms with Crippen LogP contribution in [0, 0.1) is 24.0 Å². The number of benzene rings is 3. The van der Waals surface area contributed by atoms with E-state index in [9.17, 15) is 20.3 Å². The van der Waals surface area contributed by atoms with Gasteiger partial charge in [0.15, 0.2) is 17.1 Å². The van der Waals surface area contributed by atoms with Crippen molar-refractivity contribution in [3.63, 3.8) is 0 Å². The molecule has 0 aliphatic carbocycles. The summed E-state index contributed by atoms with van der Waals surface area (Å²) in [5.41, 5.74) is 4.03. The Labute approximate surface area is 182 Å². The van der Waals surface area contributed by atoms with E-state index in [0.29, 0.717) is 22.4 Å². The third-order valence-corrected chi connectivity index (χ3v) is 5.09. The van der Waals surface area contributed by atoms with Gasteiger partial charge in [0.05, 0.1) is 29.4 Å². The molecule has 9 nitrogen and oxygen atoms in total. The number of nitro groups is 1. The molecule has 1 aromatic heterocycles. The number of oxazole rings is 1.